The highest BCUT2D eigenvalue weighted by molar-refractivity contribution is 14.0. The fourth-order valence-corrected chi connectivity index (χ4v) is 5.21. The SMILES string of the molecule is CCOC1CC(NC(=NC)NCC(C)N2CCOCC2C)C12CCCC2.I. The Labute approximate surface area is 182 Å². The number of ether oxygens (including phenoxy) is 2. The normalized spacial score (nSPS) is 31.9. The summed E-state index contributed by atoms with van der Waals surface area (Å²) >= 11 is 0. The minimum atomic E-state index is 0. The third-order valence-corrected chi connectivity index (χ3v) is 6.77. The van der Waals surface area contributed by atoms with Crippen molar-refractivity contribution in [2.75, 3.05) is 40.0 Å². The maximum atomic E-state index is 6.03. The summed E-state index contributed by atoms with van der Waals surface area (Å²) in [6, 6.07) is 1.44. The zero-order valence-corrected chi connectivity index (χ0v) is 19.8. The molecule has 2 saturated carbocycles. The predicted molar refractivity (Wildman–Crippen MR) is 121 cm³/mol. The molecule has 4 atom stereocenters. The number of nitrogens with one attached hydrogen (secondary N) is 2. The summed E-state index contributed by atoms with van der Waals surface area (Å²) in [6.45, 7) is 11.0. The monoisotopic (exact) mass is 494 g/mol. The van der Waals surface area contributed by atoms with Crippen molar-refractivity contribution in [1.82, 2.24) is 15.5 Å². The molecule has 3 fully saturated rings. The van der Waals surface area contributed by atoms with Crippen molar-refractivity contribution < 1.29 is 9.47 Å². The standard InChI is InChI=1S/C20H38N4O2.HI/c1-5-26-18-12-17(20(18)8-6-7-9-20)23-19(21-4)22-13-15(2)24-10-11-25-14-16(24)3;/h15-18H,5-14H2,1-4H3,(H2,21,22,23);1H. The number of rotatable bonds is 6. The molecule has 1 aliphatic heterocycles. The molecule has 158 valence electrons. The van der Waals surface area contributed by atoms with Gasteiger partial charge in [0.1, 0.15) is 0 Å². The van der Waals surface area contributed by atoms with Gasteiger partial charge in [-0.3, -0.25) is 9.89 Å². The number of guanidine groups is 1. The second-order valence-electron chi connectivity index (χ2n) is 8.28. The summed E-state index contributed by atoms with van der Waals surface area (Å²) in [5.41, 5.74) is 0.331. The first kappa shape index (κ1) is 23.2. The van der Waals surface area contributed by atoms with Crippen LogP contribution in [0.4, 0.5) is 0 Å². The first-order valence-electron chi connectivity index (χ1n) is 10.5. The van der Waals surface area contributed by atoms with Crippen LogP contribution >= 0.6 is 24.0 Å². The third-order valence-electron chi connectivity index (χ3n) is 6.77. The van der Waals surface area contributed by atoms with Crippen molar-refractivity contribution in [1.29, 1.82) is 0 Å². The highest BCUT2D eigenvalue weighted by atomic mass is 127. The van der Waals surface area contributed by atoms with E-state index < -0.39 is 0 Å². The van der Waals surface area contributed by atoms with Crippen LogP contribution in [0.3, 0.4) is 0 Å². The molecule has 2 N–H and O–H groups in total. The van der Waals surface area contributed by atoms with Gasteiger partial charge < -0.3 is 20.1 Å². The van der Waals surface area contributed by atoms with Gasteiger partial charge in [0.25, 0.3) is 0 Å². The largest absolute Gasteiger partial charge is 0.379 e. The second-order valence-corrected chi connectivity index (χ2v) is 8.28. The van der Waals surface area contributed by atoms with Crippen LogP contribution in [-0.4, -0.2) is 75.0 Å². The molecule has 0 aromatic carbocycles. The van der Waals surface area contributed by atoms with E-state index in [2.05, 4.69) is 41.3 Å². The molecule has 2 aliphatic carbocycles. The highest BCUT2D eigenvalue weighted by Crippen LogP contribution is 2.54. The molecular formula is C20H39IN4O2. The third kappa shape index (κ3) is 5.08. The molecule has 0 aromatic heterocycles. The first-order valence-corrected chi connectivity index (χ1v) is 10.5. The predicted octanol–water partition coefficient (Wildman–Crippen LogP) is 2.62. The molecule has 3 aliphatic rings. The van der Waals surface area contributed by atoms with Crippen molar-refractivity contribution >= 4 is 29.9 Å². The first-order chi connectivity index (χ1) is 12.6. The van der Waals surface area contributed by atoms with Crippen molar-refractivity contribution in [3.8, 4) is 0 Å². The summed E-state index contributed by atoms with van der Waals surface area (Å²) < 4.78 is 11.6. The van der Waals surface area contributed by atoms with Crippen molar-refractivity contribution in [3.63, 3.8) is 0 Å². The number of hydrogen-bond donors (Lipinski definition) is 2. The summed E-state index contributed by atoms with van der Waals surface area (Å²) in [6.07, 6.45) is 6.77. The molecule has 1 spiro atoms. The fourth-order valence-electron chi connectivity index (χ4n) is 5.21. The van der Waals surface area contributed by atoms with Crippen LogP contribution in [0.25, 0.3) is 0 Å². The van der Waals surface area contributed by atoms with Gasteiger partial charge in [0.2, 0.25) is 0 Å². The van der Waals surface area contributed by atoms with Crippen LogP contribution < -0.4 is 10.6 Å². The summed E-state index contributed by atoms with van der Waals surface area (Å²) in [7, 11) is 1.87. The lowest BCUT2D eigenvalue weighted by atomic mass is 9.60. The van der Waals surface area contributed by atoms with Gasteiger partial charge in [0, 0.05) is 50.3 Å². The molecule has 7 heteroatoms. The van der Waals surface area contributed by atoms with E-state index in [1.54, 1.807) is 0 Å². The molecule has 27 heavy (non-hydrogen) atoms. The van der Waals surface area contributed by atoms with Gasteiger partial charge in [-0.2, -0.15) is 0 Å². The number of morpholine rings is 1. The lowest BCUT2D eigenvalue weighted by molar-refractivity contribution is -0.125. The van der Waals surface area contributed by atoms with Crippen molar-refractivity contribution in [2.24, 2.45) is 10.4 Å². The molecule has 3 rings (SSSR count). The number of nitrogens with zero attached hydrogens (tertiary/aromatic N) is 2. The van der Waals surface area contributed by atoms with E-state index in [-0.39, 0.29) is 24.0 Å². The lowest BCUT2D eigenvalue weighted by Crippen LogP contribution is -2.65. The van der Waals surface area contributed by atoms with Crippen LogP contribution in [0.15, 0.2) is 4.99 Å². The van der Waals surface area contributed by atoms with E-state index in [1.807, 2.05) is 7.05 Å². The Hall–Kier alpha value is -0.120. The quantitative estimate of drug-likeness (QED) is 0.338. The smallest absolute Gasteiger partial charge is 0.191 e. The summed E-state index contributed by atoms with van der Waals surface area (Å²) in [5.74, 6) is 0.934. The van der Waals surface area contributed by atoms with Crippen molar-refractivity contribution in [3.05, 3.63) is 0 Å². The Morgan fingerprint density at radius 2 is 2.11 bits per heavy atom. The minimum Gasteiger partial charge on any atom is -0.379 e. The topological polar surface area (TPSA) is 58.1 Å². The van der Waals surface area contributed by atoms with Gasteiger partial charge in [0.05, 0.1) is 19.3 Å². The Bertz CT molecular complexity index is 485. The Morgan fingerprint density at radius 1 is 1.37 bits per heavy atom. The number of hydrogen-bond acceptors (Lipinski definition) is 4. The molecule has 1 heterocycles. The fraction of sp³-hybridized carbons (Fsp3) is 0.950. The molecule has 0 bridgehead atoms. The molecule has 4 unspecified atom stereocenters. The van der Waals surface area contributed by atoms with Crippen molar-refractivity contribution in [2.45, 2.75) is 77.1 Å². The van der Waals surface area contributed by atoms with Gasteiger partial charge in [-0.25, -0.2) is 0 Å². The zero-order valence-electron chi connectivity index (χ0n) is 17.5. The van der Waals surface area contributed by atoms with E-state index in [0.717, 1.165) is 45.3 Å². The molecule has 0 amide bonds. The number of aliphatic imine (C=N–C) groups is 1. The second kappa shape index (κ2) is 10.6. The van der Waals surface area contributed by atoms with Crippen LogP contribution in [0.2, 0.25) is 0 Å². The van der Waals surface area contributed by atoms with E-state index in [0.29, 0.717) is 29.6 Å². The van der Waals surface area contributed by atoms with E-state index in [9.17, 15) is 0 Å². The average molecular weight is 494 g/mol. The average Bonchev–Trinajstić information content (AvgIpc) is 3.16. The molecule has 1 saturated heterocycles. The Kier molecular flexibility index (Phi) is 9.09. The van der Waals surface area contributed by atoms with Gasteiger partial charge >= 0.3 is 0 Å². The lowest BCUT2D eigenvalue weighted by Gasteiger charge is -2.54. The Balaban J connectivity index is 0.00000261. The van der Waals surface area contributed by atoms with E-state index >= 15 is 0 Å². The molecule has 0 radical (unpaired) electrons. The Morgan fingerprint density at radius 3 is 2.74 bits per heavy atom. The summed E-state index contributed by atoms with van der Waals surface area (Å²) in [5, 5.41) is 7.26. The van der Waals surface area contributed by atoms with E-state index in [1.165, 1.54) is 25.7 Å². The van der Waals surface area contributed by atoms with Gasteiger partial charge in [-0.05, 0) is 40.0 Å². The van der Waals surface area contributed by atoms with Gasteiger partial charge in [0.15, 0.2) is 5.96 Å². The highest BCUT2D eigenvalue weighted by Gasteiger charge is 2.56. The van der Waals surface area contributed by atoms with E-state index in [4.69, 9.17) is 9.47 Å². The molecular weight excluding hydrogens is 455 g/mol. The minimum absolute atomic E-state index is 0. The van der Waals surface area contributed by atoms with Crippen LogP contribution in [0, 0.1) is 5.41 Å². The van der Waals surface area contributed by atoms with Gasteiger partial charge in [-0.15, -0.1) is 24.0 Å². The molecule has 0 aromatic rings. The number of halogens is 1. The maximum Gasteiger partial charge on any atom is 0.191 e. The zero-order chi connectivity index (χ0) is 18.6. The maximum absolute atomic E-state index is 6.03. The molecule has 6 nitrogen and oxygen atoms in total. The van der Waals surface area contributed by atoms with Crippen LogP contribution in [-0.2, 0) is 9.47 Å². The summed E-state index contributed by atoms with van der Waals surface area (Å²) in [4.78, 5) is 7.01. The van der Waals surface area contributed by atoms with Crippen LogP contribution in [0.5, 0.6) is 0 Å². The van der Waals surface area contributed by atoms with Gasteiger partial charge in [-0.1, -0.05) is 12.8 Å². The van der Waals surface area contributed by atoms with Crippen LogP contribution in [0.1, 0.15) is 52.9 Å².